The van der Waals surface area contributed by atoms with Crippen molar-refractivity contribution in [1.82, 2.24) is 0 Å². The van der Waals surface area contributed by atoms with E-state index in [4.69, 9.17) is 37.9 Å². The first-order valence-corrected chi connectivity index (χ1v) is 14.2. The van der Waals surface area contributed by atoms with Gasteiger partial charge in [-0.05, 0) is 12.3 Å². The van der Waals surface area contributed by atoms with Gasteiger partial charge in [-0.1, -0.05) is 13.0 Å². The average molecular weight is 615 g/mol. The van der Waals surface area contributed by atoms with Crippen LogP contribution in [0.1, 0.15) is 19.8 Å². The number of fused-ring (bicyclic) bond motifs is 1. The molecule has 242 valence electrons. The number of hydrogen-bond acceptors (Lipinski definition) is 14. The van der Waals surface area contributed by atoms with Crippen LogP contribution in [-0.4, -0.2) is 116 Å². The molecule has 14 nitrogen and oxygen atoms in total. The van der Waals surface area contributed by atoms with Crippen molar-refractivity contribution in [2.45, 2.75) is 69.2 Å². The second kappa shape index (κ2) is 14.5. The molecule has 1 saturated heterocycles. The smallest absolute Gasteiger partial charge is 0.337 e. The fourth-order valence-electron chi connectivity index (χ4n) is 6.33. The van der Waals surface area contributed by atoms with Gasteiger partial charge in [-0.2, -0.15) is 0 Å². The molecule has 0 bridgehead atoms. The molecule has 4 aliphatic rings. The standard InChI is InChI=1S/C29H42O14/c1-6-14-16(8-22(36-3)37-4)19(12-40-28(14)43-29-25(33)24(32)23(31)21(9-30)42-29)27(35)41-20-7-15-17(13(20)2)10-39-11-18(15)26(34)38-5/h6,11-17,20-25,28-33H,1,7-10H2,2-5H3. The Morgan fingerprint density at radius 3 is 2.40 bits per heavy atom. The molecule has 0 spiro atoms. The summed E-state index contributed by atoms with van der Waals surface area (Å²) in [6, 6.07) is 0. The van der Waals surface area contributed by atoms with Gasteiger partial charge < -0.3 is 58.3 Å². The quantitative estimate of drug-likeness (QED) is 0.135. The number of methoxy groups -OCH3 is 3. The highest BCUT2D eigenvalue weighted by molar-refractivity contribution is 5.90. The van der Waals surface area contributed by atoms with Crippen LogP contribution in [0.2, 0.25) is 0 Å². The van der Waals surface area contributed by atoms with E-state index in [9.17, 15) is 30.0 Å². The highest BCUT2D eigenvalue weighted by Crippen LogP contribution is 2.46. The SMILES string of the molecule is C=CC1C(OC2OC(CO)C(O)C(O)C2O)OC=C(C(=O)OC2CC3C(C(=O)OC)=COCC3C2C)C1CC(OC)OC. The van der Waals surface area contributed by atoms with Gasteiger partial charge >= 0.3 is 11.9 Å². The zero-order valence-electron chi connectivity index (χ0n) is 24.6. The number of rotatable bonds is 11. The fraction of sp³-hybridized carbons (Fsp3) is 0.724. The third-order valence-electron chi connectivity index (χ3n) is 8.95. The Kier molecular flexibility index (Phi) is 11.2. The summed E-state index contributed by atoms with van der Waals surface area (Å²) in [5, 5.41) is 40.3. The van der Waals surface area contributed by atoms with Gasteiger partial charge in [-0.25, -0.2) is 9.59 Å². The van der Waals surface area contributed by atoms with Crippen LogP contribution < -0.4 is 0 Å². The van der Waals surface area contributed by atoms with Crippen LogP contribution in [0.25, 0.3) is 0 Å². The third-order valence-corrected chi connectivity index (χ3v) is 8.95. The summed E-state index contributed by atoms with van der Waals surface area (Å²) in [5.41, 5.74) is 0.574. The van der Waals surface area contributed by atoms with Crippen molar-refractivity contribution in [2.75, 3.05) is 34.5 Å². The lowest BCUT2D eigenvalue weighted by atomic mass is 9.81. The first-order chi connectivity index (χ1) is 20.6. The second-order valence-corrected chi connectivity index (χ2v) is 11.2. The third kappa shape index (κ3) is 6.76. The molecule has 0 radical (unpaired) electrons. The Labute approximate surface area is 249 Å². The van der Waals surface area contributed by atoms with E-state index in [-0.39, 0.29) is 29.7 Å². The lowest BCUT2D eigenvalue weighted by Crippen LogP contribution is -2.60. The van der Waals surface area contributed by atoms with Crippen LogP contribution in [0, 0.1) is 29.6 Å². The lowest BCUT2D eigenvalue weighted by Gasteiger charge is -2.43. The molecule has 14 heteroatoms. The molecule has 12 unspecified atom stereocenters. The Morgan fingerprint density at radius 2 is 1.77 bits per heavy atom. The van der Waals surface area contributed by atoms with Gasteiger partial charge in [0.25, 0.3) is 0 Å². The highest BCUT2D eigenvalue weighted by atomic mass is 16.8. The molecule has 1 aliphatic carbocycles. The van der Waals surface area contributed by atoms with E-state index in [0.717, 1.165) is 0 Å². The summed E-state index contributed by atoms with van der Waals surface area (Å²) in [4.78, 5) is 26.0. The van der Waals surface area contributed by atoms with Gasteiger partial charge in [-0.3, -0.25) is 0 Å². The van der Waals surface area contributed by atoms with Gasteiger partial charge in [0.15, 0.2) is 12.6 Å². The number of carbonyl (C=O) groups is 2. The van der Waals surface area contributed by atoms with Crippen LogP contribution in [0.4, 0.5) is 0 Å². The molecule has 3 heterocycles. The molecule has 4 N–H and O–H groups in total. The van der Waals surface area contributed by atoms with Crippen LogP contribution in [0.3, 0.4) is 0 Å². The van der Waals surface area contributed by atoms with E-state index < -0.39 is 79.8 Å². The normalized spacial score (nSPS) is 39.1. The highest BCUT2D eigenvalue weighted by Gasteiger charge is 2.50. The van der Waals surface area contributed by atoms with Crippen molar-refractivity contribution in [2.24, 2.45) is 29.6 Å². The number of esters is 2. The summed E-state index contributed by atoms with van der Waals surface area (Å²) in [6.07, 6.45) is -5.24. The van der Waals surface area contributed by atoms with E-state index in [1.54, 1.807) is 0 Å². The first-order valence-electron chi connectivity index (χ1n) is 14.2. The van der Waals surface area contributed by atoms with Crippen molar-refractivity contribution in [3.05, 3.63) is 36.3 Å². The maximum absolute atomic E-state index is 13.7. The summed E-state index contributed by atoms with van der Waals surface area (Å²) >= 11 is 0. The van der Waals surface area contributed by atoms with E-state index in [0.29, 0.717) is 18.6 Å². The molecule has 0 aromatic rings. The lowest BCUT2D eigenvalue weighted by molar-refractivity contribution is -0.339. The molecule has 0 aromatic heterocycles. The molecule has 12 atom stereocenters. The predicted octanol–water partition coefficient (Wildman–Crippen LogP) is -0.258. The van der Waals surface area contributed by atoms with E-state index in [1.165, 1.54) is 39.9 Å². The fourth-order valence-corrected chi connectivity index (χ4v) is 6.33. The van der Waals surface area contributed by atoms with Gasteiger partial charge in [0.05, 0.1) is 44.0 Å². The molecule has 1 saturated carbocycles. The Hall–Kier alpha value is -2.56. The number of aliphatic hydroxyl groups is 4. The summed E-state index contributed by atoms with van der Waals surface area (Å²) in [6.45, 7) is 5.58. The molecular formula is C29H42O14. The summed E-state index contributed by atoms with van der Waals surface area (Å²) < 4.78 is 44.4. The van der Waals surface area contributed by atoms with Gasteiger partial charge in [-0.15, -0.1) is 6.58 Å². The maximum Gasteiger partial charge on any atom is 0.337 e. The van der Waals surface area contributed by atoms with E-state index >= 15 is 0 Å². The Balaban J connectivity index is 1.54. The molecule has 0 aromatic carbocycles. The number of ether oxygens (including phenoxy) is 8. The minimum Gasteiger partial charge on any atom is -0.500 e. The van der Waals surface area contributed by atoms with Crippen LogP contribution in [0.5, 0.6) is 0 Å². The van der Waals surface area contributed by atoms with Crippen molar-refractivity contribution in [1.29, 1.82) is 0 Å². The zero-order valence-corrected chi connectivity index (χ0v) is 24.6. The van der Waals surface area contributed by atoms with Crippen molar-refractivity contribution in [3.8, 4) is 0 Å². The second-order valence-electron chi connectivity index (χ2n) is 11.2. The monoisotopic (exact) mass is 614 g/mol. The van der Waals surface area contributed by atoms with Crippen molar-refractivity contribution >= 4 is 11.9 Å². The minimum atomic E-state index is -1.66. The Morgan fingerprint density at radius 1 is 1.05 bits per heavy atom. The zero-order chi connectivity index (χ0) is 31.4. The predicted molar refractivity (Wildman–Crippen MR) is 144 cm³/mol. The maximum atomic E-state index is 13.7. The molecule has 43 heavy (non-hydrogen) atoms. The number of aliphatic hydroxyl groups excluding tert-OH is 4. The number of hydrogen-bond donors (Lipinski definition) is 4. The van der Waals surface area contributed by atoms with Gasteiger partial charge in [0, 0.05) is 44.3 Å². The molecule has 4 rings (SSSR count). The molecule has 3 aliphatic heterocycles. The number of carbonyl (C=O) groups excluding carboxylic acids is 2. The van der Waals surface area contributed by atoms with Crippen LogP contribution in [-0.2, 0) is 47.5 Å². The van der Waals surface area contributed by atoms with Crippen LogP contribution >= 0.6 is 0 Å². The molecule has 0 amide bonds. The van der Waals surface area contributed by atoms with E-state index in [1.807, 2.05) is 6.92 Å². The minimum absolute atomic E-state index is 0.0483. The summed E-state index contributed by atoms with van der Waals surface area (Å²) in [7, 11) is 4.21. The van der Waals surface area contributed by atoms with Crippen molar-refractivity contribution in [3.63, 3.8) is 0 Å². The topological polar surface area (TPSA) is 189 Å². The van der Waals surface area contributed by atoms with Gasteiger partial charge in [0.2, 0.25) is 6.29 Å². The molecular weight excluding hydrogens is 572 g/mol. The average Bonchev–Trinajstić information content (AvgIpc) is 3.33. The molecule has 2 fully saturated rings. The Bertz CT molecular complexity index is 1050. The summed E-state index contributed by atoms with van der Waals surface area (Å²) in [5.74, 6) is -2.87. The van der Waals surface area contributed by atoms with Crippen molar-refractivity contribution < 1.29 is 67.9 Å². The van der Waals surface area contributed by atoms with Gasteiger partial charge in [0.1, 0.15) is 30.5 Å². The van der Waals surface area contributed by atoms with Crippen LogP contribution in [0.15, 0.2) is 36.3 Å². The van der Waals surface area contributed by atoms with E-state index in [2.05, 4.69) is 6.58 Å². The largest absolute Gasteiger partial charge is 0.500 e. The first kappa shape index (κ1) is 33.3.